The molecule has 3 rings (SSSR count). The summed E-state index contributed by atoms with van der Waals surface area (Å²) in [6, 6.07) is 7.44. The average molecular weight is 447 g/mol. The van der Waals surface area contributed by atoms with Gasteiger partial charge in [0.1, 0.15) is 0 Å². The molecule has 7 heteroatoms. The van der Waals surface area contributed by atoms with E-state index in [0.717, 1.165) is 38.8 Å². The smallest absolute Gasteiger partial charge is 0.339 e. The molecular formula is C24H34N2O4S. The van der Waals surface area contributed by atoms with Gasteiger partial charge in [-0.3, -0.25) is 9.59 Å². The van der Waals surface area contributed by atoms with E-state index in [1.54, 1.807) is 17.0 Å². The van der Waals surface area contributed by atoms with Crippen molar-refractivity contribution in [1.82, 2.24) is 9.80 Å². The zero-order valence-corrected chi connectivity index (χ0v) is 19.5. The van der Waals surface area contributed by atoms with Crippen LogP contribution in [0.25, 0.3) is 0 Å². The molecule has 2 fully saturated rings. The average Bonchev–Trinajstić information content (AvgIpc) is 2.81. The number of ether oxygens (including phenoxy) is 1. The maximum absolute atomic E-state index is 12.6. The van der Waals surface area contributed by atoms with Crippen molar-refractivity contribution >= 4 is 29.5 Å². The molecule has 0 N–H and O–H groups in total. The Morgan fingerprint density at radius 2 is 1.74 bits per heavy atom. The molecule has 170 valence electrons. The van der Waals surface area contributed by atoms with Gasteiger partial charge in [0.15, 0.2) is 6.61 Å². The SMILES string of the molecule is CC1CCN(C(=O)COC(=O)c2ccccc2SCC(=O)N(C)C2CCCCC2)CC1. The van der Waals surface area contributed by atoms with Crippen LogP contribution in [0.3, 0.4) is 0 Å². The van der Waals surface area contributed by atoms with Gasteiger partial charge in [-0.15, -0.1) is 11.8 Å². The van der Waals surface area contributed by atoms with E-state index in [9.17, 15) is 14.4 Å². The number of likely N-dealkylation sites (tertiary alicyclic amines) is 1. The number of nitrogens with zero attached hydrogens (tertiary/aromatic N) is 2. The third-order valence-electron chi connectivity index (χ3n) is 6.44. The van der Waals surface area contributed by atoms with Crippen molar-refractivity contribution in [2.24, 2.45) is 5.92 Å². The minimum Gasteiger partial charge on any atom is -0.452 e. The summed E-state index contributed by atoms with van der Waals surface area (Å²) in [6.45, 7) is 3.39. The van der Waals surface area contributed by atoms with E-state index in [0.29, 0.717) is 22.4 Å². The zero-order chi connectivity index (χ0) is 22.2. The summed E-state index contributed by atoms with van der Waals surface area (Å²) in [5, 5.41) is 0. The van der Waals surface area contributed by atoms with Crippen molar-refractivity contribution in [1.29, 1.82) is 0 Å². The lowest BCUT2D eigenvalue weighted by atomic mass is 9.94. The molecule has 1 heterocycles. The van der Waals surface area contributed by atoms with Crippen LogP contribution < -0.4 is 0 Å². The Kier molecular flexibility index (Phi) is 8.81. The molecule has 1 aromatic carbocycles. The monoisotopic (exact) mass is 446 g/mol. The van der Waals surface area contributed by atoms with Gasteiger partial charge in [-0.05, 0) is 43.7 Å². The molecule has 2 aliphatic rings. The highest BCUT2D eigenvalue weighted by atomic mass is 32.2. The Labute approximate surface area is 189 Å². The van der Waals surface area contributed by atoms with Crippen molar-refractivity contribution in [2.45, 2.75) is 62.8 Å². The number of hydrogen-bond donors (Lipinski definition) is 0. The van der Waals surface area contributed by atoms with Crippen LogP contribution in [0.1, 0.15) is 62.2 Å². The quantitative estimate of drug-likeness (QED) is 0.468. The van der Waals surface area contributed by atoms with Crippen LogP contribution >= 0.6 is 11.8 Å². The summed E-state index contributed by atoms with van der Waals surface area (Å²) in [4.78, 5) is 42.0. The van der Waals surface area contributed by atoms with Crippen LogP contribution in [0.4, 0.5) is 0 Å². The molecule has 1 saturated heterocycles. The first-order chi connectivity index (χ1) is 15.0. The van der Waals surface area contributed by atoms with Gasteiger partial charge in [0.25, 0.3) is 5.91 Å². The largest absolute Gasteiger partial charge is 0.452 e. The van der Waals surface area contributed by atoms with Crippen LogP contribution in [-0.4, -0.2) is 66.1 Å². The normalized spacial score (nSPS) is 17.9. The van der Waals surface area contributed by atoms with Crippen molar-refractivity contribution < 1.29 is 19.1 Å². The molecule has 1 aliphatic carbocycles. The summed E-state index contributed by atoms with van der Waals surface area (Å²) in [6.07, 6.45) is 7.73. The topological polar surface area (TPSA) is 66.9 Å². The van der Waals surface area contributed by atoms with Gasteiger partial charge in [0.2, 0.25) is 5.91 Å². The van der Waals surface area contributed by atoms with Crippen LogP contribution in [0.15, 0.2) is 29.2 Å². The summed E-state index contributed by atoms with van der Waals surface area (Å²) >= 11 is 1.35. The highest BCUT2D eigenvalue weighted by molar-refractivity contribution is 8.00. The number of amides is 2. The molecule has 0 aromatic heterocycles. The molecule has 1 aromatic rings. The lowest BCUT2D eigenvalue weighted by molar-refractivity contribution is -0.135. The van der Waals surface area contributed by atoms with E-state index >= 15 is 0 Å². The molecule has 6 nitrogen and oxygen atoms in total. The highest BCUT2D eigenvalue weighted by Gasteiger charge is 2.24. The number of thioether (sulfide) groups is 1. The molecule has 1 saturated carbocycles. The molecular weight excluding hydrogens is 412 g/mol. The van der Waals surface area contributed by atoms with Gasteiger partial charge in [0.05, 0.1) is 11.3 Å². The number of piperidine rings is 1. The number of rotatable bonds is 7. The number of carbonyl (C=O) groups excluding carboxylic acids is 3. The van der Waals surface area contributed by atoms with E-state index in [2.05, 4.69) is 6.92 Å². The standard InChI is InChI=1S/C24H34N2O4S/c1-18-12-14-26(15-13-18)22(27)16-30-24(29)20-10-6-7-11-21(20)31-17-23(28)25(2)19-8-4-3-5-9-19/h6-7,10-11,18-19H,3-5,8-9,12-17H2,1-2H3. The Bertz CT molecular complexity index is 771. The molecule has 1 aliphatic heterocycles. The first kappa shape index (κ1) is 23.6. The fourth-order valence-corrected chi connectivity index (χ4v) is 5.19. The van der Waals surface area contributed by atoms with Gasteiger partial charge >= 0.3 is 5.97 Å². The summed E-state index contributed by atoms with van der Waals surface area (Å²) in [5.74, 6) is 0.330. The molecule has 0 spiro atoms. The number of hydrogen-bond acceptors (Lipinski definition) is 5. The fourth-order valence-electron chi connectivity index (χ4n) is 4.23. The second-order valence-corrected chi connectivity index (χ2v) is 9.74. The molecule has 0 bridgehead atoms. The van der Waals surface area contributed by atoms with Gasteiger partial charge in [-0.2, -0.15) is 0 Å². The van der Waals surface area contributed by atoms with Gasteiger partial charge < -0.3 is 14.5 Å². The molecule has 0 atom stereocenters. The van der Waals surface area contributed by atoms with E-state index in [1.165, 1.54) is 31.0 Å². The first-order valence-electron chi connectivity index (χ1n) is 11.4. The molecule has 31 heavy (non-hydrogen) atoms. The second kappa shape index (κ2) is 11.6. The third kappa shape index (κ3) is 6.73. The van der Waals surface area contributed by atoms with E-state index in [1.807, 2.05) is 24.1 Å². The summed E-state index contributed by atoms with van der Waals surface area (Å²) in [5.41, 5.74) is 0.403. The minimum absolute atomic E-state index is 0.0783. The highest BCUT2D eigenvalue weighted by Crippen LogP contribution is 2.26. The first-order valence-corrected chi connectivity index (χ1v) is 12.4. The van der Waals surface area contributed by atoms with E-state index in [4.69, 9.17) is 4.74 Å². The minimum atomic E-state index is -0.519. The maximum Gasteiger partial charge on any atom is 0.339 e. The summed E-state index contributed by atoms with van der Waals surface area (Å²) < 4.78 is 5.32. The summed E-state index contributed by atoms with van der Waals surface area (Å²) in [7, 11) is 1.88. The maximum atomic E-state index is 12.6. The van der Waals surface area contributed by atoms with Gasteiger partial charge in [-0.1, -0.05) is 38.3 Å². The van der Waals surface area contributed by atoms with E-state index < -0.39 is 5.97 Å². The molecule has 2 amide bonds. The Morgan fingerprint density at radius 1 is 1.06 bits per heavy atom. The Morgan fingerprint density at radius 3 is 2.45 bits per heavy atom. The van der Waals surface area contributed by atoms with Crippen LogP contribution in [0.5, 0.6) is 0 Å². The predicted octanol–water partition coefficient (Wildman–Crippen LogP) is 3.99. The fraction of sp³-hybridized carbons (Fsp3) is 0.625. The van der Waals surface area contributed by atoms with Crippen LogP contribution in [-0.2, 0) is 14.3 Å². The zero-order valence-electron chi connectivity index (χ0n) is 18.7. The van der Waals surface area contributed by atoms with Gasteiger partial charge in [-0.25, -0.2) is 4.79 Å². The van der Waals surface area contributed by atoms with Crippen molar-refractivity contribution in [3.63, 3.8) is 0 Å². The predicted molar refractivity (Wildman–Crippen MR) is 122 cm³/mol. The molecule has 0 unspecified atom stereocenters. The number of benzene rings is 1. The van der Waals surface area contributed by atoms with Crippen molar-refractivity contribution in [3.8, 4) is 0 Å². The van der Waals surface area contributed by atoms with E-state index in [-0.39, 0.29) is 24.2 Å². The van der Waals surface area contributed by atoms with Crippen molar-refractivity contribution in [2.75, 3.05) is 32.5 Å². The second-order valence-electron chi connectivity index (χ2n) is 8.72. The number of carbonyl (C=O) groups is 3. The lowest BCUT2D eigenvalue weighted by Gasteiger charge is -2.31. The van der Waals surface area contributed by atoms with Crippen LogP contribution in [0, 0.1) is 5.92 Å². The molecule has 0 radical (unpaired) electrons. The number of esters is 1. The van der Waals surface area contributed by atoms with Crippen LogP contribution in [0.2, 0.25) is 0 Å². The van der Waals surface area contributed by atoms with Crippen molar-refractivity contribution in [3.05, 3.63) is 29.8 Å². The Hall–Kier alpha value is -2.02. The van der Waals surface area contributed by atoms with Gasteiger partial charge in [0, 0.05) is 31.1 Å². The Balaban J connectivity index is 1.51. The lowest BCUT2D eigenvalue weighted by Crippen LogP contribution is -2.40. The third-order valence-corrected chi connectivity index (χ3v) is 7.50.